The van der Waals surface area contributed by atoms with Crippen molar-refractivity contribution in [3.05, 3.63) is 48.6 Å². The zero-order valence-corrected chi connectivity index (χ0v) is 51.0. The number of hydrogen-bond donors (Lipinski definition) is 3. The number of carbonyl (C=O) groups excluding carboxylic acids is 2. The van der Waals surface area contributed by atoms with Crippen molar-refractivity contribution in [3.8, 4) is 0 Å². The predicted octanol–water partition coefficient (Wildman–Crippen LogP) is 21.7. The Morgan fingerprint density at radius 3 is 1.01 bits per heavy atom. The van der Waals surface area contributed by atoms with Crippen LogP contribution in [0.5, 0.6) is 0 Å². The number of allylic oxidation sites excluding steroid dienone is 6. The van der Waals surface area contributed by atoms with E-state index in [2.05, 4.69) is 55.6 Å². The third-order valence-corrected chi connectivity index (χ3v) is 15.6. The van der Waals surface area contributed by atoms with Crippen LogP contribution in [0.3, 0.4) is 0 Å². The van der Waals surface area contributed by atoms with Gasteiger partial charge in [0.25, 0.3) is 0 Å². The first kappa shape index (κ1) is 73.8. The van der Waals surface area contributed by atoms with Gasteiger partial charge in [0, 0.05) is 12.8 Å². The summed E-state index contributed by atoms with van der Waals surface area (Å²) in [5, 5.41) is 23.2. The second-order valence-electron chi connectivity index (χ2n) is 23.1. The summed E-state index contributed by atoms with van der Waals surface area (Å²) in [5.74, 6) is -0.107. The fourth-order valence-electron chi connectivity index (χ4n) is 10.4. The molecule has 0 aliphatic carbocycles. The maximum atomic E-state index is 12.5. The molecule has 0 aromatic heterocycles. The van der Waals surface area contributed by atoms with Crippen LogP contribution in [-0.4, -0.2) is 47.4 Å². The van der Waals surface area contributed by atoms with Crippen LogP contribution in [0.1, 0.15) is 361 Å². The molecular formula is C70H131NO5. The number of rotatable bonds is 63. The zero-order chi connectivity index (χ0) is 55.0. The molecular weight excluding hydrogens is 935 g/mol. The summed E-state index contributed by atoms with van der Waals surface area (Å²) in [5.41, 5.74) is 0. The van der Waals surface area contributed by atoms with E-state index in [1.807, 2.05) is 6.08 Å². The smallest absolute Gasteiger partial charge is 0.305 e. The van der Waals surface area contributed by atoms with Crippen molar-refractivity contribution in [1.29, 1.82) is 0 Å². The minimum Gasteiger partial charge on any atom is -0.465 e. The molecule has 1 amide bonds. The van der Waals surface area contributed by atoms with Crippen LogP contribution in [0.4, 0.5) is 0 Å². The summed E-state index contributed by atoms with van der Waals surface area (Å²) in [6.45, 7) is 4.81. The van der Waals surface area contributed by atoms with Gasteiger partial charge in [0.1, 0.15) is 0 Å². The quantitative estimate of drug-likeness (QED) is 0.0320. The second-order valence-corrected chi connectivity index (χ2v) is 23.1. The Hall–Kier alpha value is -2.18. The molecule has 3 N–H and O–H groups in total. The van der Waals surface area contributed by atoms with E-state index < -0.39 is 12.1 Å². The van der Waals surface area contributed by atoms with Gasteiger partial charge >= 0.3 is 5.97 Å². The fraction of sp³-hybridized carbons (Fsp3) is 0.857. The lowest BCUT2D eigenvalue weighted by Crippen LogP contribution is -2.45. The molecule has 6 nitrogen and oxygen atoms in total. The summed E-state index contributed by atoms with van der Waals surface area (Å²) >= 11 is 0. The summed E-state index contributed by atoms with van der Waals surface area (Å²) in [4.78, 5) is 24.6. The number of aliphatic hydroxyl groups excluding tert-OH is 2. The van der Waals surface area contributed by atoms with E-state index in [-0.39, 0.29) is 18.5 Å². The van der Waals surface area contributed by atoms with Crippen LogP contribution in [-0.2, 0) is 14.3 Å². The maximum absolute atomic E-state index is 12.5. The lowest BCUT2D eigenvalue weighted by molar-refractivity contribution is -0.143. The van der Waals surface area contributed by atoms with Gasteiger partial charge in [-0.2, -0.15) is 0 Å². The Labute approximate surface area is 474 Å². The summed E-state index contributed by atoms with van der Waals surface area (Å²) in [6.07, 6.45) is 84.7. The molecule has 2 unspecified atom stereocenters. The zero-order valence-electron chi connectivity index (χ0n) is 51.0. The number of aliphatic hydroxyl groups is 2. The molecule has 76 heavy (non-hydrogen) atoms. The molecule has 0 aromatic rings. The van der Waals surface area contributed by atoms with Crippen molar-refractivity contribution < 1.29 is 24.5 Å². The van der Waals surface area contributed by atoms with Crippen molar-refractivity contribution in [3.63, 3.8) is 0 Å². The van der Waals surface area contributed by atoms with E-state index in [0.29, 0.717) is 19.4 Å². The van der Waals surface area contributed by atoms with Gasteiger partial charge in [0.05, 0.1) is 25.4 Å². The molecule has 0 saturated heterocycles. The Kier molecular flexibility index (Phi) is 63.5. The molecule has 0 saturated carbocycles. The number of unbranched alkanes of at least 4 members (excludes halogenated alkanes) is 46. The third-order valence-electron chi connectivity index (χ3n) is 15.6. The van der Waals surface area contributed by atoms with Crippen LogP contribution in [0.2, 0.25) is 0 Å². The third kappa shape index (κ3) is 61.0. The predicted molar refractivity (Wildman–Crippen MR) is 333 cm³/mol. The number of hydrogen-bond acceptors (Lipinski definition) is 5. The van der Waals surface area contributed by atoms with Crippen LogP contribution in [0.25, 0.3) is 0 Å². The van der Waals surface area contributed by atoms with Gasteiger partial charge in [0.15, 0.2) is 0 Å². The molecule has 0 rings (SSSR count). The van der Waals surface area contributed by atoms with E-state index in [4.69, 9.17) is 4.74 Å². The van der Waals surface area contributed by atoms with Crippen LogP contribution in [0.15, 0.2) is 48.6 Å². The number of esters is 1. The molecule has 446 valence electrons. The highest BCUT2D eigenvalue weighted by molar-refractivity contribution is 5.76. The van der Waals surface area contributed by atoms with E-state index in [0.717, 1.165) is 51.4 Å². The number of ether oxygens (including phenoxy) is 1. The lowest BCUT2D eigenvalue weighted by Gasteiger charge is -2.20. The summed E-state index contributed by atoms with van der Waals surface area (Å²) in [7, 11) is 0. The standard InChI is InChI=1S/C70H131NO5/c1-3-5-7-9-11-13-15-17-19-21-26-30-34-38-42-46-50-54-58-62-68(73)67(66-72)71-69(74)63-59-55-51-47-43-39-35-31-28-24-23-25-29-33-37-41-45-49-53-57-61-65-76-70(75)64-60-56-52-48-44-40-36-32-27-22-20-18-16-14-12-10-8-6-4-2/h18,20,41,45,53,57-58,62,67-68,72-73H,3-17,19,21-40,42-44,46-52,54-56,59-61,63-66H2,1-2H3,(H,71,74)/b20-18-,45-41-,57-53-,62-58+. The molecule has 0 heterocycles. The van der Waals surface area contributed by atoms with Gasteiger partial charge < -0.3 is 20.3 Å². The highest BCUT2D eigenvalue weighted by atomic mass is 16.5. The van der Waals surface area contributed by atoms with Gasteiger partial charge in [0.2, 0.25) is 5.91 Å². The minimum atomic E-state index is -0.850. The van der Waals surface area contributed by atoms with Crippen LogP contribution >= 0.6 is 0 Å². The minimum absolute atomic E-state index is 0.0360. The van der Waals surface area contributed by atoms with Gasteiger partial charge in [-0.25, -0.2) is 0 Å². The Morgan fingerprint density at radius 1 is 0.368 bits per heavy atom. The van der Waals surface area contributed by atoms with Gasteiger partial charge in [-0.15, -0.1) is 0 Å². The molecule has 0 radical (unpaired) electrons. The molecule has 0 fully saturated rings. The SMILES string of the molecule is CCCCCCCC/C=C\CCCCCCCCCCCC(=O)OCC/C=C\C/C=C\CCCCCCCCCCCCCCCCC(=O)NC(CO)C(O)/C=C/CCCCCCCCCCCCCCCCCCC. The van der Waals surface area contributed by atoms with Crippen molar-refractivity contribution >= 4 is 11.9 Å². The average molecular weight is 1070 g/mol. The van der Waals surface area contributed by atoms with Gasteiger partial charge in [-0.3, -0.25) is 9.59 Å². The van der Waals surface area contributed by atoms with Crippen molar-refractivity contribution in [2.45, 2.75) is 373 Å². The molecule has 0 aliphatic heterocycles. The van der Waals surface area contributed by atoms with Crippen molar-refractivity contribution in [2.75, 3.05) is 13.2 Å². The van der Waals surface area contributed by atoms with Crippen molar-refractivity contribution in [1.82, 2.24) is 5.32 Å². The fourth-order valence-corrected chi connectivity index (χ4v) is 10.4. The van der Waals surface area contributed by atoms with Crippen LogP contribution < -0.4 is 5.32 Å². The van der Waals surface area contributed by atoms with Gasteiger partial charge in [-0.05, 0) is 77.0 Å². The molecule has 0 aromatic carbocycles. The number of carbonyl (C=O) groups is 2. The van der Waals surface area contributed by atoms with E-state index in [1.165, 1.54) is 283 Å². The van der Waals surface area contributed by atoms with E-state index in [9.17, 15) is 19.8 Å². The molecule has 0 bridgehead atoms. The lowest BCUT2D eigenvalue weighted by atomic mass is 10.0. The molecule has 0 aliphatic rings. The average Bonchev–Trinajstić information content (AvgIpc) is 3.42. The number of nitrogens with one attached hydrogen (secondary N) is 1. The monoisotopic (exact) mass is 1070 g/mol. The molecule has 0 spiro atoms. The second kappa shape index (κ2) is 65.3. The van der Waals surface area contributed by atoms with E-state index >= 15 is 0 Å². The first-order valence-corrected chi connectivity index (χ1v) is 33.9. The highest BCUT2D eigenvalue weighted by Crippen LogP contribution is 2.18. The Morgan fingerprint density at radius 2 is 0.658 bits per heavy atom. The topological polar surface area (TPSA) is 95.9 Å². The van der Waals surface area contributed by atoms with Gasteiger partial charge in [-0.1, -0.05) is 319 Å². The Balaban J connectivity index is 3.47. The largest absolute Gasteiger partial charge is 0.465 e. The maximum Gasteiger partial charge on any atom is 0.305 e. The Bertz CT molecular complexity index is 1270. The van der Waals surface area contributed by atoms with Crippen LogP contribution in [0, 0.1) is 0 Å². The van der Waals surface area contributed by atoms with Crippen molar-refractivity contribution in [2.24, 2.45) is 0 Å². The summed E-state index contributed by atoms with van der Waals surface area (Å²) < 4.78 is 5.44. The summed E-state index contributed by atoms with van der Waals surface area (Å²) in [6, 6.07) is -0.633. The highest BCUT2D eigenvalue weighted by Gasteiger charge is 2.18. The molecule has 2 atom stereocenters. The first-order valence-electron chi connectivity index (χ1n) is 33.9. The number of amides is 1. The first-order chi connectivity index (χ1) is 37.5. The van der Waals surface area contributed by atoms with E-state index in [1.54, 1.807) is 6.08 Å². The molecule has 6 heteroatoms. The normalized spacial score (nSPS) is 12.8.